The van der Waals surface area contributed by atoms with E-state index in [1.165, 1.54) is 18.9 Å². The van der Waals surface area contributed by atoms with Gasteiger partial charge in [0, 0.05) is 14.3 Å². The van der Waals surface area contributed by atoms with Gasteiger partial charge in [0.2, 0.25) is 0 Å². The highest BCUT2D eigenvalue weighted by atomic mass is 79.9. The molecule has 0 aliphatic carbocycles. The number of rotatable bonds is 5. The SMILES string of the molecule is COC(=O)c1cc(Br)ccc1Sc1ccc(CC(=O)O)cc1. The number of methoxy groups -OCH3 is 1. The van der Waals surface area contributed by atoms with Gasteiger partial charge in [-0.1, -0.05) is 39.8 Å². The highest BCUT2D eigenvalue weighted by Crippen LogP contribution is 2.32. The second kappa shape index (κ2) is 7.47. The van der Waals surface area contributed by atoms with Crippen LogP contribution in [0.15, 0.2) is 56.7 Å². The van der Waals surface area contributed by atoms with E-state index in [-0.39, 0.29) is 6.42 Å². The minimum atomic E-state index is -0.860. The lowest BCUT2D eigenvalue weighted by Crippen LogP contribution is -2.03. The molecule has 0 atom stereocenters. The summed E-state index contributed by atoms with van der Waals surface area (Å²) in [7, 11) is 1.35. The van der Waals surface area contributed by atoms with Crippen molar-refractivity contribution in [3.8, 4) is 0 Å². The number of benzene rings is 2. The third-order valence-electron chi connectivity index (χ3n) is 2.85. The van der Waals surface area contributed by atoms with Crippen molar-refractivity contribution in [1.29, 1.82) is 0 Å². The van der Waals surface area contributed by atoms with Crippen LogP contribution in [0.25, 0.3) is 0 Å². The molecule has 22 heavy (non-hydrogen) atoms. The minimum Gasteiger partial charge on any atom is -0.481 e. The number of carboxylic acids is 1. The van der Waals surface area contributed by atoms with Gasteiger partial charge in [-0.3, -0.25) is 4.79 Å². The largest absolute Gasteiger partial charge is 0.481 e. The highest BCUT2D eigenvalue weighted by Gasteiger charge is 2.13. The van der Waals surface area contributed by atoms with Crippen LogP contribution < -0.4 is 0 Å². The predicted octanol–water partition coefficient (Wildman–Crippen LogP) is 4.01. The Morgan fingerprint density at radius 3 is 2.45 bits per heavy atom. The maximum absolute atomic E-state index is 11.8. The molecule has 0 fully saturated rings. The van der Waals surface area contributed by atoms with Gasteiger partial charge in [0.25, 0.3) is 0 Å². The first kappa shape index (κ1) is 16.6. The van der Waals surface area contributed by atoms with Crippen LogP contribution in [0.2, 0.25) is 0 Å². The van der Waals surface area contributed by atoms with E-state index in [0.717, 1.165) is 19.8 Å². The third-order valence-corrected chi connectivity index (χ3v) is 4.43. The van der Waals surface area contributed by atoms with Crippen LogP contribution in [0, 0.1) is 0 Å². The molecule has 6 heteroatoms. The number of esters is 1. The second-order valence-corrected chi connectivity index (χ2v) is 6.48. The summed E-state index contributed by atoms with van der Waals surface area (Å²) in [6, 6.07) is 12.6. The van der Waals surface area contributed by atoms with Gasteiger partial charge in [0.05, 0.1) is 19.1 Å². The summed E-state index contributed by atoms with van der Waals surface area (Å²) in [5.74, 6) is -1.26. The molecule has 2 aromatic carbocycles. The molecule has 2 rings (SSSR count). The first-order chi connectivity index (χ1) is 10.5. The maximum Gasteiger partial charge on any atom is 0.339 e. The van der Waals surface area contributed by atoms with Gasteiger partial charge in [0.1, 0.15) is 0 Å². The zero-order valence-electron chi connectivity index (χ0n) is 11.7. The van der Waals surface area contributed by atoms with Crippen LogP contribution in [-0.4, -0.2) is 24.2 Å². The standard InChI is InChI=1S/C16H13BrO4S/c1-21-16(20)13-9-11(17)4-7-14(13)22-12-5-2-10(3-6-12)8-15(18)19/h2-7,9H,8H2,1H3,(H,18,19). The number of ether oxygens (including phenoxy) is 1. The average molecular weight is 381 g/mol. The van der Waals surface area contributed by atoms with Crippen LogP contribution in [0.1, 0.15) is 15.9 Å². The highest BCUT2D eigenvalue weighted by molar-refractivity contribution is 9.10. The average Bonchev–Trinajstić information content (AvgIpc) is 2.49. The predicted molar refractivity (Wildman–Crippen MR) is 87.4 cm³/mol. The Bertz CT molecular complexity index is 698. The zero-order chi connectivity index (χ0) is 16.1. The molecule has 114 valence electrons. The molecule has 0 aromatic heterocycles. The van der Waals surface area contributed by atoms with Crippen molar-refractivity contribution in [3.05, 3.63) is 58.1 Å². The first-order valence-electron chi connectivity index (χ1n) is 6.36. The minimum absolute atomic E-state index is 0.00333. The van der Waals surface area contributed by atoms with E-state index in [9.17, 15) is 9.59 Å². The Morgan fingerprint density at radius 1 is 1.18 bits per heavy atom. The Kier molecular flexibility index (Phi) is 5.63. The molecule has 4 nitrogen and oxygen atoms in total. The van der Waals surface area contributed by atoms with Crippen LogP contribution in [0.3, 0.4) is 0 Å². The van der Waals surface area contributed by atoms with Crippen molar-refractivity contribution >= 4 is 39.6 Å². The zero-order valence-corrected chi connectivity index (χ0v) is 14.1. The first-order valence-corrected chi connectivity index (χ1v) is 7.97. The van der Waals surface area contributed by atoms with Crippen molar-refractivity contribution in [2.45, 2.75) is 16.2 Å². The molecule has 0 bridgehead atoms. The molecule has 2 aromatic rings. The van der Waals surface area contributed by atoms with Crippen LogP contribution in [0.4, 0.5) is 0 Å². The molecule has 0 saturated heterocycles. The maximum atomic E-state index is 11.8. The fraction of sp³-hybridized carbons (Fsp3) is 0.125. The van der Waals surface area contributed by atoms with Gasteiger partial charge < -0.3 is 9.84 Å². The Labute approximate surface area is 140 Å². The van der Waals surface area contributed by atoms with Gasteiger partial charge in [-0.2, -0.15) is 0 Å². The fourth-order valence-electron chi connectivity index (χ4n) is 1.84. The molecule has 0 spiro atoms. The summed E-state index contributed by atoms with van der Waals surface area (Å²) in [6.45, 7) is 0. The van der Waals surface area contributed by atoms with Crippen molar-refractivity contribution in [2.75, 3.05) is 7.11 Å². The normalized spacial score (nSPS) is 10.3. The Hall–Kier alpha value is -1.79. The van der Waals surface area contributed by atoms with Crippen molar-refractivity contribution in [1.82, 2.24) is 0 Å². The van der Waals surface area contributed by atoms with Crippen molar-refractivity contribution in [2.24, 2.45) is 0 Å². The molecule has 1 N–H and O–H groups in total. The van der Waals surface area contributed by atoms with Gasteiger partial charge in [-0.15, -0.1) is 0 Å². The van der Waals surface area contributed by atoms with Crippen molar-refractivity contribution < 1.29 is 19.4 Å². The Morgan fingerprint density at radius 2 is 1.86 bits per heavy atom. The smallest absolute Gasteiger partial charge is 0.339 e. The summed E-state index contributed by atoms with van der Waals surface area (Å²) < 4.78 is 5.59. The summed E-state index contributed by atoms with van der Waals surface area (Å²) in [5, 5.41) is 8.76. The number of hydrogen-bond acceptors (Lipinski definition) is 4. The number of carboxylic acid groups (broad SMARTS) is 1. The fourth-order valence-corrected chi connectivity index (χ4v) is 3.11. The number of hydrogen-bond donors (Lipinski definition) is 1. The number of carbonyl (C=O) groups excluding carboxylic acids is 1. The van der Waals surface area contributed by atoms with E-state index in [4.69, 9.17) is 9.84 Å². The molecule has 0 aliphatic rings. The third kappa shape index (κ3) is 4.35. The van der Waals surface area contributed by atoms with Gasteiger partial charge in [-0.25, -0.2) is 4.79 Å². The summed E-state index contributed by atoms with van der Waals surface area (Å²) in [5.41, 5.74) is 1.22. The molecule has 0 radical (unpaired) electrons. The van der Waals surface area contributed by atoms with Gasteiger partial charge >= 0.3 is 11.9 Å². The van der Waals surface area contributed by atoms with E-state index < -0.39 is 11.9 Å². The molecule has 0 aliphatic heterocycles. The lowest BCUT2D eigenvalue weighted by atomic mass is 10.2. The second-order valence-electron chi connectivity index (χ2n) is 4.45. The number of halogens is 1. The lowest BCUT2D eigenvalue weighted by molar-refractivity contribution is -0.136. The molecule has 0 unspecified atom stereocenters. The molecule has 0 amide bonds. The molecule has 0 saturated carbocycles. The van der Waals surface area contributed by atoms with Gasteiger partial charge in [0.15, 0.2) is 0 Å². The monoisotopic (exact) mass is 380 g/mol. The van der Waals surface area contributed by atoms with Crippen LogP contribution in [0.5, 0.6) is 0 Å². The molecule has 0 heterocycles. The van der Waals surface area contributed by atoms with E-state index in [2.05, 4.69) is 15.9 Å². The lowest BCUT2D eigenvalue weighted by Gasteiger charge is -2.08. The van der Waals surface area contributed by atoms with Crippen LogP contribution in [-0.2, 0) is 16.0 Å². The van der Waals surface area contributed by atoms with Crippen LogP contribution >= 0.6 is 27.7 Å². The summed E-state index contributed by atoms with van der Waals surface area (Å²) in [4.78, 5) is 24.2. The van der Waals surface area contributed by atoms with E-state index in [1.54, 1.807) is 18.2 Å². The summed E-state index contributed by atoms with van der Waals surface area (Å²) in [6.07, 6.45) is -0.00333. The number of aliphatic carboxylic acids is 1. The Balaban J connectivity index is 2.23. The van der Waals surface area contributed by atoms with E-state index in [1.807, 2.05) is 24.3 Å². The summed E-state index contributed by atoms with van der Waals surface area (Å²) >= 11 is 4.76. The quantitative estimate of drug-likeness (QED) is 0.793. The van der Waals surface area contributed by atoms with Gasteiger partial charge in [-0.05, 0) is 35.9 Å². The topological polar surface area (TPSA) is 63.6 Å². The number of carbonyl (C=O) groups is 2. The van der Waals surface area contributed by atoms with E-state index in [0.29, 0.717) is 5.56 Å². The van der Waals surface area contributed by atoms with E-state index >= 15 is 0 Å². The molecular formula is C16H13BrO4S. The molecular weight excluding hydrogens is 368 g/mol. The van der Waals surface area contributed by atoms with Crippen molar-refractivity contribution in [3.63, 3.8) is 0 Å².